The van der Waals surface area contributed by atoms with Gasteiger partial charge in [0.25, 0.3) is 5.69 Å². The molecule has 0 saturated carbocycles. The number of nitro benzene ring substituents is 1. The van der Waals surface area contributed by atoms with E-state index < -0.39 is 40.3 Å². The van der Waals surface area contributed by atoms with Crippen LogP contribution < -0.4 is 5.32 Å². The van der Waals surface area contributed by atoms with Crippen molar-refractivity contribution in [3.8, 4) is 6.07 Å². The van der Waals surface area contributed by atoms with E-state index in [-0.39, 0.29) is 5.69 Å². The summed E-state index contributed by atoms with van der Waals surface area (Å²) in [6.07, 6.45) is 0. The second kappa shape index (κ2) is 6.25. The monoisotopic (exact) mass is 333 g/mol. The van der Waals surface area contributed by atoms with Crippen LogP contribution in [-0.4, -0.2) is 34.7 Å². The number of aliphatic hydroxyl groups is 1. The summed E-state index contributed by atoms with van der Waals surface area (Å²) in [7, 11) is 1.13. The summed E-state index contributed by atoms with van der Waals surface area (Å²) < 4.78 is 4.70. The number of amides is 1. The third-order valence-electron chi connectivity index (χ3n) is 4.07. The molecule has 1 aromatic carbocycles. The number of nitro groups is 1. The molecule has 0 spiro atoms. The van der Waals surface area contributed by atoms with Crippen molar-refractivity contribution >= 4 is 17.6 Å². The second-order valence-corrected chi connectivity index (χ2v) is 5.62. The zero-order chi connectivity index (χ0) is 18.1. The molecule has 2 N–H and O–H groups in total. The lowest BCUT2D eigenvalue weighted by Crippen LogP contribution is -2.63. The third kappa shape index (κ3) is 2.91. The van der Waals surface area contributed by atoms with Crippen molar-refractivity contribution in [2.45, 2.75) is 18.6 Å². The fourth-order valence-electron chi connectivity index (χ4n) is 2.96. The number of rotatable bonds is 3. The first-order valence-electron chi connectivity index (χ1n) is 6.99. The highest BCUT2D eigenvalue weighted by Crippen LogP contribution is 2.42. The summed E-state index contributed by atoms with van der Waals surface area (Å²) >= 11 is 0. The molecule has 2 rings (SSSR count). The SMILES string of the molecule is COC(=O)[C@@H]1[C@@H](c2ccc([N+](=O)[O-])cc2)[C@H](C#N)C(=O)NC1(C)O. The summed E-state index contributed by atoms with van der Waals surface area (Å²) in [5.41, 5.74) is -1.75. The second-order valence-electron chi connectivity index (χ2n) is 5.62. The molecule has 9 nitrogen and oxygen atoms in total. The quantitative estimate of drug-likeness (QED) is 0.464. The van der Waals surface area contributed by atoms with Crippen LogP contribution in [0.25, 0.3) is 0 Å². The molecule has 9 heteroatoms. The maximum atomic E-state index is 12.2. The Labute approximate surface area is 137 Å². The van der Waals surface area contributed by atoms with E-state index in [1.54, 1.807) is 0 Å². The molecular weight excluding hydrogens is 318 g/mol. The molecule has 1 heterocycles. The molecule has 4 atom stereocenters. The van der Waals surface area contributed by atoms with Crippen molar-refractivity contribution in [1.29, 1.82) is 5.26 Å². The number of non-ortho nitro benzene ring substituents is 1. The maximum absolute atomic E-state index is 12.2. The lowest BCUT2D eigenvalue weighted by atomic mass is 9.69. The van der Waals surface area contributed by atoms with Crippen LogP contribution in [0.4, 0.5) is 5.69 Å². The molecule has 1 amide bonds. The number of hydrogen-bond donors (Lipinski definition) is 2. The van der Waals surface area contributed by atoms with Gasteiger partial charge in [0.15, 0.2) is 0 Å². The first-order valence-corrected chi connectivity index (χ1v) is 6.99. The summed E-state index contributed by atoms with van der Waals surface area (Å²) in [5.74, 6) is -5.04. The predicted molar refractivity (Wildman–Crippen MR) is 79.2 cm³/mol. The summed E-state index contributed by atoms with van der Waals surface area (Å²) in [6, 6.07) is 6.95. The van der Waals surface area contributed by atoms with Gasteiger partial charge in [-0.05, 0) is 12.5 Å². The predicted octanol–water partition coefficient (Wildman–Crippen LogP) is 0.446. The Morgan fingerprint density at radius 1 is 1.46 bits per heavy atom. The first-order chi connectivity index (χ1) is 11.2. The Hall–Kier alpha value is -2.99. The fourth-order valence-corrected chi connectivity index (χ4v) is 2.96. The molecular formula is C15H15N3O6. The highest BCUT2D eigenvalue weighted by Gasteiger charge is 2.54. The van der Waals surface area contributed by atoms with E-state index in [0.29, 0.717) is 5.56 Å². The zero-order valence-electron chi connectivity index (χ0n) is 12.9. The molecule has 1 aliphatic rings. The normalized spacial score (nSPS) is 29.2. The average molecular weight is 333 g/mol. The van der Waals surface area contributed by atoms with Crippen LogP contribution in [0.15, 0.2) is 24.3 Å². The van der Waals surface area contributed by atoms with E-state index in [1.807, 2.05) is 6.07 Å². The van der Waals surface area contributed by atoms with Gasteiger partial charge in [-0.1, -0.05) is 12.1 Å². The van der Waals surface area contributed by atoms with Gasteiger partial charge in [-0.2, -0.15) is 5.26 Å². The average Bonchev–Trinajstić information content (AvgIpc) is 2.52. The fraction of sp³-hybridized carbons (Fsp3) is 0.400. The van der Waals surface area contributed by atoms with E-state index in [2.05, 4.69) is 5.32 Å². The number of carbonyl (C=O) groups excluding carboxylic acids is 2. The van der Waals surface area contributed by atoms with E-state index in [9.17, 15) is 30.1 Å². The topological polar surface area (TPSA) is 143 Å². The van der Waals surface area contributed by atoms with Crippen LogP contribution in [0, 0.1) is 33.3 Å². The molecule has 0 radical (unpaired) electrons. The molecule has 1 aromatic rings. The number of nitriles is 1. The standard InChI is InChI=1S/C15H15N3O6/c1-15(21)12(14(20)24-2)11(10(7-16)13(19)17-15)8-3-5-9(6-4-8)18(22)23/h3-6,10-12,21H,1-2H3,(H,17,19)/t10-,11-,12-,15?/m0/s1. The van der Waals surface area contributed by atoms with Gasteiger partial charge in [-0.3, -0.25) is 19.7 Å². The first kappa shape index (κ1) is 17.4. The molecule has 24 heavy (non-hydrogen) atoms. The van der Waals surface area contributed by atoms with Crippen LogP contribution in [-0.2, 0) is 14.3 Å². The highest BCUT2D eigenvalue weighted by molar-refractivity contribution is 5.88. The number of piperidine rings is 1. The molecule has 1 aliphatic heterocycles. The van der Waals surface area contributed by atoms with E-state index in [1.165, 1.54) is 31.2 Å². The minimum Gasteiger partial charge on any atom is -0.469 e. The van der Waals surface area contributed by atoms with Crippen molar-refractivity contribution < 1.29 is 24.4 Å². The molecule has 0 bridgehead atoms. The van der Waals surface area contributed by atoms with Gasteiger partial charge in [-0.15, -0.1) is 0 Å². The van der Waals surface area contributed by atoms with Gasteiger partial charge in [0.05, 0.1) is 18.1 Å². The zero-order valence-corrected chi connectivity index (χ0v) is 12.9. The highest BCUT2D eigenvalue weighted by atomic mass is 16.6. The number of benzene rings is 1. The Balaban J connectivity index is 2.57. The van der Waals surface area contributed by atoms with Gasteiger partial charge in [0, 0.05) is 18.1 Å². The van der Waals surface area contributed by atoms with E-state index in [4.69, 9.17) is 4.74 Å². The largest absolute Gasteiger partial charge is 0.469 e. The van der Waals surface area contributed by atoms with Crippen LogP contribution >= 0.6 is 0 Å². The molecule has 126 valence electrons. The number of esters is 1. The Morgan fingerprint density at radius 2 is 2.04 bits per heavy atom. The number of nitrogens with one attached hydrogen (secondary N) is 1. The minimum absolute atomic E-state index is 0.172. The molecule has 1 saturated heterocycles. The Bertz CT molecular complexity index is 722. The third-order valence-corrected chi connectivity index (χ3v) is 4.07. The van der Waals surface area contributed by atoms with Crippen molar-refractivity contribution in [1.82, 2.24) is 5.32 Å². The molecule has 0 aliphatic carbocycles. The van der Waals surface area contributed by atoms with Crippen LogP contribution in [0.1, 0.15) is 18.4 Å². The van der Waals surface area contributed by atoms with Crippen molar-refractivity contribution in [3.05, 3.63) is 39.9 Å². The maximum Gasteiger partial charge on any atom is 0.314 e. The van der Waals surface area contributed by atoms with Crippen LogP contribution in [0.3, 0.4) is 0 Å². The number of methoxy groups -OCH3 is 1. The smallest absolute Gasteiger partial charge is 0.314 e. The van der Waals surface area contributed by atoms with Crippen LogP contribution in [0.5, 0.6) is 0 Å². The summed E-state index contributed by atoms with van der Waals surface area (Å²) in [4.78, 5) is 34.4. The van der Waals surface area contributed by atoms with Gasteiger partial charge in [0.2, 0.25) is 5.91 Å². The number of nitrogens with zero attached hydrogens (tertiary/aromatic N) is 2. The molecule has 1 unspecified atom stereocenters. The van der Waals surface area contributed by atoms with Gasteiger partial charge >= 0.3 is 5.97 Å². The summed E-state index contributed by atoms with van der Waals surface area (Å²) in [5, 5.41) is 32.8. The number of carbonyl (C=O) groups is 2. The van der Waals surface area contributed by atoms with Crippen molar-refractivity contribution in [2.24, 2.45) is 11.8 Å². The van der Waals surface area contributed by atoms with Gasteiger partial charge < -0.3 is 15.2 Å². The molecule has 0 aromatic heterocycles. The molecule has 1 fully saturated rings. The van der Waals surface area contributed by atoms with Gasteiger partial charge in [-0.25, -0.2) is 0 Å². The van der Waals surface area contributed by atoms with Gasteiger partial charge in [0.1, 0.15) is 17.6 Å². The van der Waals surface area contributed by atoms with Crippen LogP contribution in [0.2, 0.25) is 0 Å². The lowest BCUT2D eigenvalue weighted by molar-refractivity contribution is -0.384. The van der Waals surface area contributed by atoms with E-state index >= 15 is 0 Å². The Kier molecular flexibility index (Phi) is 4.52. The van der Waals surface area contributed by atoms with E-state index in [0.717, 1.165) is 7.11 Å². The number of hydrogen-bond acceptors (Lipinski definition) is 7. The van der Waals surface area contributed by atoms with Crippen molar-refractivity contribution in [3.63, 3.8) is 0 Å². The minimum atomic E-state index is -1.93. The lowest BCUT2D eigenvalue weighted by Gasteiger charge is -2.43. The van der Waals surface area contributed by atoms with Crippen molar-refractivity contribution in [2.75, 3.05) is 7.11 Å². The Morgan fingerprint density at radius 3 is 2.50 bits per heavy atom. The summed E-state index contributed by atoms with van der Waals surface area (Å²) in [6.45, 7) is 1.23. The number of ether oxygens (including phenoxy) is 1.